The number of carbonyl (C=O) groups is 2. The Bertz CT molecular complexity index is 1150. The van der Waals surface area contributed by atoms with Crippen molar-refractivity contribution in [1.29, 1.82) is 0 Å². The monoisotopic (exact) mass is 506 g/mol. The van der Waals surface area contributed by atoms with Crippen LogP contribution in [0.4, 0.5) is 10.1 Å². The van der Waals surface area contributed by atoms with Crippen molar-refractivity contribution in [1.82, 2.24) is 14.5 Å². The molecule has 0 saturated carbocycles. The predicted octanol–water partition coefficient (Wildman–Crippen LogP) is 3.00. The number of nitrogens with zero attached hydrogens (tertiary/aromatic N) is 3. The molecule has 0 saturated heterocycles. The normalized spacial score (nSPS) is 12.5. The second-order valence-electron chi connectivity index (χ2n) is 9.07. The van der Waals surface area contributed by atoms with Gasteiger partial charge in [0.05, 0.1) is 5.69 Å². The molecule has 2 rings (SSSR count). The molecule has 35 heavy (non-hydrogen) atoms. The number of rotatable bonds is 10. The number of anilines is 1. The minimum absolute atomic E-state index is 0.00838. The van der Waals surface area contributed by atoms with E-state index in [9.17, 15) is 22.4 Å². The van der Waals surface area contributed by atoms with Crippen LogP contribution in [-0.4, -0.2) is 62.2 Å². The van der Waals surface area contributed by atoms with Gasteiger partial charge < -0.3 is 10.2 Å². The third-order valence-electron chi connectivity index (χ3n) is 5.52. The van der Waals surface area contributed by atoms with Crippen LogP contribution in [0.25, 0.3) is 0 Å². The van der Waals surface area contributed by atoms with Gasteiger partial charge in [-0.25, -0.2) is 8.70 Å². The van der Waals surface area contributed by atoms with E-state index in [4.69, 9.17) is 0 Å². The zero-order chi connectivity index (χ0) is 26.5. The second kappa shape index (κ2) is 11.6. The molecule has 2 aromatic rings. The van der Waals surface area contributed by atoms with Crippen LogP contribution in [0, 0.1) is 19.7 Å². The SMILES string of the molecule is Cc1ccc(C)c(N(CC(=O)N(Cc2ccc(F)cc2)[C@H](C)C(=O)NC(C)C)S(=O)(=O)N(C)C)c1. The van der Waals surface area contributed by atoms with Gasteiger partial charge in [-0.05, 0) is 69.5 Å². The number of hydrogen-bond donors (Lipinski definition) is 1. The Morgan fingerprint density at radius 3 is 2.14 bits per heavy atom. The number of halogens is 1. The first-order valence-electron chi connectivity index (χ1n) is 11.4. The quantitative estimate of drug-likeness (QED) is 0.537. The van der Waals surface area contributed by atoms with Gasteiger partial charge in [0, 0.05) is 26.7 Å². The van der Waals surface area contributed by atoms with Gasteiger partial charge in [0.15, 0.2) is 0 Å². The largest absolute Gasteiger partial charge is 0.352 e. The van der Waals surface area contributed by atoms with E-state index in [2.05, 4.69) is 5.32 Å². The zero-order valence-electron chi connectivity index (χ0n) is 21.4. The molecular weight excluding hydrogens is 471 g/mol. The van der Waals surface area contributed by atoms with E-state index >= 15 is 0 Å². The zero-order valence-corrected chi connectivity index (χ0v) is 22.2. The molecule has 10 heteroatoms. The molecule has 1 N–H and O–H groups in total. The van der Waals surface area contributed by atoms with E-state index in [1.807, 2.05) is 26.8 Å². The summed E-state index contributed by atoms with van der Waals surface area (Å²) in [5.74, 6) is -1.35. The Hall–Kier alpha value is -2.98. The van der Waals surface area contributed by atoms with E-state index in [1.165, 1.54) is 43.3 Å². The van der Waals surface area contributed by atoms with Crippen LogP contribution in [-0.2, 0) is 26.3 Å². The molecule has 0 spiro atoms. The van der Waals surface area contributed by atoms with Crippen LogP contribution >= 0.6 is 0 Å². The average molecular weight is 507 g/mol. The van der Waals surface area contributed by atoms with E-state index in [-0.39, 0.29) is 18.5 Å². The first-order chi connectivity index (χ1) is 16.2. The van der Waals surface area contributed by atoms with Crippen molar-refractivity contribution in [3.63, 3.8) is 0 Å². The van der Waals surface area contributed by atoms with Gasteiger partial charge in [-0.2, -0.15) is 12.7 Å². The first-order valence-corrected chi connectivity index (χ1v) is 12.8. The molecule has 0 heterocycles. The highest BCUT2D eigenvalue weighted by molar-refractivity contribution is 7.90. The smallest absolute Gasteiger partial charge is 0.304 e. The lowest BCUT2D eigenvalue weighted by molar-refractivity contribution is -0.139. The number of amides is 2. The molecule has 8 nitrogen and oxygen atoms in total. The Balaban J connectivity index is 2.50. The maximum atomic E-state index is 13.6. The Morgan fingerprint density at radius 1 is 1.00 bits per heavy atom. The topological polar surface area (TPSA) is 90.0 Å². The molecule has 0 aromatic heterocycles. The van der Waals surface area contributed by atoms with Crippen molar-refractivity contribution in [2.75, 3.05) is 24.9 Å². The van der Waals surface area contributed by atoms with Crippen molar-refractivity contribution in [2.24, 2.45) is 0 Å². The van der Waals surface area contributed by atoms with Crippen molar-refractivity contribution in [2.45, 2.75) is 53.2 Å². The third-order valence-corrected chi connectivity index (χ3v) is 7.32. The molecule has 192 valence electrons. The lowest BCUT2D eigenvalue weighted by Crippen LogP contribution is -2.53. The molecule has 0 fully saturated rings. The Morgan fingerprint density at radius 2 is 1.60 bits per heavy atom. The van der Waals surface area contributed by atoms with Gasteiger partial charge in [-0.15, -0.1) is 0 Å². The summed E-state index contributed by atoms with van der Waals surface area (Å²) in [6.07, 6.45) is 0. The van der Waals surface area contributed by atoms with Gasteiger partial charge in [-0.3, -0.25) is 9.59 Å². The Labute approximate surface area is 207 Å². The Kier molecular flexibility index (Phi) is 9.39. The van der Waals surface area contributed by atoms with Gasteiger partial charge in [0.25, 0.3) is 0 Å². The van der Waals surface area contributed by atoms with Crippen LogP contribution in [0.1, 0.15) is 37.5 Å². The summed E-state index contributed by atoms with van der Waals surface area (Å²) in [7, 11) is -1.24. The van der Waals surface area contributed by atoms with E-state index < -0.39 is 34.5 Å². The number of carbonyl (C=O) groups excluding carboxylic acids is 2. The maximum absolute atomic E-state index is 13.6. The maximum Gasteiger partial charge on any atom is 0.304 e. The summed E-state index contributed by atoms with van der Waals surface area (Å²) in [6, 6.07) is 9.94. The fraction of sp³-hybridized carbons (Fsp3) is 0.440. The molecule has 0 unspecified atom stereocenters. The number of benzene rings is 2. The molecule has 2 aromatic carbocycles. The second-order valence-corrected chi connectivity index (χ2v) is 11.1. The third kappa shape index (κ3) is 7.25. The van der Waals surface area contributed by atoms with Crippen molar-refractivity contribution < 1.29 is 22.4 Å². The number of aryl methyl sites for hydroxylation is 2. The van der Waals surface area contributed by atoms with Gasteiger partial charge in [-0.1, -0.05) is 24.3 Å². The van der Waals surface area contributed by atoms with Crippen molar-refractivity contribution >= 4 is 27.7 Å². The summed E-state index contributed by atoms with van der Waals surface area (Å²) in [5, 5.41) is 2.79. The summed E-state index contributed by atoms with van der Waals surface area (Å²) in [4.78, 5) is 27.8. The predicted molar refractivity (Wildman–Crippen MR) is 136 cm³/mol. The highest BCUT2D eigenvalue weighted by Gasteiger charge is 2.33. The summed E-state index contributed by atoms with van der Waals surface area (Å²) < 4.78 is 42.0. The average Bonchev–Trinajstić information content (AvgIpc) is 2.77. The lowest BCUT2D eigenvalue weighted by atomic mass is 10.1. The van der Waals surface area contributed by atoms with E-state index in [0.717, 1.165) is 14.2 Å². The fourth-order valence-electron chi connectivity index (χ4n) is 3.46. The van der Waals surface area contributed by atoms with Crippen LogP contribution in [0.2, 0.25) is 0 Å². The molecule has 0 aliphatic heterocycles. The van der Waals surface area contributed by atoms with E-state index in [0.29, 0.717) is 16.8 Å². The summed E-state index contributed by atoms with van der Waals surface area (Å²) in [5.41, 5.74) is 2.51. The highest BCUT2D eigenvalue weighted by Crippen LogP contribution is 2.26. The van der Waals surface area contributed by atoms with Crippen LogP contribution < -0.4 is 9.62 Å². The molecule has 0 aliphatic carbocycles. The van der Waals surface area contributed by atoms with Gasteiger partial charge >= 0.3 is 10.2 Å². The summed E-state index contributed by atoms with van der Waals surface area (Å²) in [6.45, 7) is 8.31. The molecular formula is C25H35FN4O4S. The van der Waals surface area contributed by atoms with Crippen LogP contribution in [0.5, 0.6) is 0 Å². The molecule has 2 amide bonds. The highest BCUT2D eigenvalue weighted by atomic mass is 32.2. The lowest BCUT2D eigenvalue weighted by Gasteiger charge is -2.33. The number of hydrogen-bond acceptors (Lipinski definition) is 4. The molecule has 0 bridgehead atoms. The van der Waals surface area contributed by atoms with E-state index in [1.54, 1.807) is 26.0 Å². The standard InChI is InChI=1S/C25H35FN4O4S/c1-17(2)27-25(32)20(5)29(15-21-10-12-22(26)13-11-21)24(31)16-30(35(33,34)28(6)7)23-14-18(3)8-9-19(23)4/h8-14,17,20H,15-16H2,1-7H3,(H,27,32)/t20-/m1/s1. The van der Waals surface area contributed by atoms with Crippen LogP contribution in [0.15, 0.2) is 42.5 Å². The fourth-order valence-corrected chi connectivity index (χ4v) is 4.58. The summed E-state index contributed by atoms with van der Waals surface area (Å²) >= 11 is 0. The van der Waals surface area contributed by atoms with Gasteiger partial charge in [0.1, 0.15) is 18.4 Å². The van der Waals surface area contributed by atoms with Crippen LogP contribution in [0.3, 0.4) is 0 Å². The molecule has 1 atom stereocenters. The van der Waals surface area contributed by atoms with Gasteiger partial charge in [0.2, 0.25) is 11.8 Å². The van der Waals surface area contributed by atoms with Crippen molar-refractivity contribution in [3.8, 4) is 0 Å². The minimum atomic E-state index is -4.03. The number of nitrogens with one attached hydrogen (secondary N) is 1. The molecule has 0 radical (unpaired) electrons. The minimum Gasteiger partial charge on any atom is -0.352 e. The molecule has 0 aliphatic rings. The van der Waals surface area contributed by atoms with Crippen molar-refractivity contribution in [3.05, 3.63) is 65.0 Å². The first kappa shape index (κ1) is 28.3.